The number of nitriles is 1. The molecule has 8 heteroatoms. The first-order chi connectivity index (χ1) is 12.0. The molecule has 0 fully saturated rings. The minimum atomic E-state index is -4.01. The molecule has 0 spiro atoms. The van der Waals surface area contributed by atoms with Crippen LogP contribution in [0.15, 0.2) is 47.4 Å². The van der Waals surface area contributed by atoms with Crippen LogP contribution >= 0.6 is 0 Å². The van der Waals surface area contributed by atoms with Gasteiger partial charge in [-0.25, -0.2) is 12.8 Å². The summed E-state index contributed by atoms with van der Waals surface area (Å²) < 4.78 is 37.7. The molecule has 0 aliphatic heterocycles. The van der Waals surface area contributed by atoms with Gasteiger partial charge in [0, 0.05) is 5.69 Å². The molecule has 2 N–H and O–H groups in total. The molecule has 0 aliphatic rings. The second-order valence-electron chi connectivity index (χ2n) is 6.08. The molecule has 0 unspecified atom stereocenters. The van der Waals surface area contributed by atoms with Crippen molar-refractivity contribution in [1.82, 2.24) is 0 Å². The Morgan fingerprint density at radius 3 is 2.42 bits per heavy atom. The maximum atomic E-state index is 12.9. The van der Waals surface area contributed by atoms with Crippen LogP contribution in [0.3, 0.4) is 0 Å². The van der Waals surface area contributed by atoms with E-state index in [-0.39, 0.29) is 4.90 Å². The lowest BCUT2D eigenvalue weighted by Gasteiger charge is -2.22. The summed E-state index contributed by atoms with van der Waals surface area (Å²) in [4.78, 5) is 12.1. The van der Waals surface area contributed by atoms with Gasteiger partial charge in [0.15, 0.2) is 15.4 Å². The van der Waals surface area contributed by atoms with Crippen molar-refractivity contribution in [2.75, 3.05) is 11.1 Å². The van der Waals surface area contributed by atoms with Crippen LogP contribution in [-0.4, -0.2) is 30.8 Å². The molecule has 0 heterocycles. The highest BCUT2D eigenvalue weighted by Crippen LogP contribution is 2.20. The molecule has 26 heavy (non-hydrogen) atoms. The number of hydrogen-bond acceptors (Lipinski definition) is 5. The predicted octanol–water partition coefficient (Wildman–Crippen LogP) is 2.17. The van der Waals surface area contributed by atoms with Crippen molar-refractivity contribution in [2.24, 2.45) is 0 Å². The summed E-state index contributed by atoms with van der Waals surface area (Å²) in [6.45, 7) is 2.77. The molecular formula is C18H17FN2O4S. The summed E-state index contributed by atoms with van der Waals surface area (Å²) in [6, 6.07) is 10.6. The number of aliphatic hydroxyl groups is 1. The summed E-state index contributed by atoms with van der Waals surface area (Å²) in [5.74, 6) is -2.37. The second kappa shape index (κ2) is 7.23. The highest BCUT2D eigenvalue weighted by molar-refractivity contribution is 7.91. The Hall–Kier alpha value is -2.76. The molecule has 1 atom stereocenters. The fourth-order valence-electron chi connectivity index (χ4n) is 2.29. The molecular weight excluding hydrogens is 359 g/mol. The molecule has 0 aromatic heterocycles. The number of aryl methyl sites for hydroxylation is 1. The van der Waals surface area contributed by atoms with Crippen LogP contribution in [0.5, 0.6) is 0 Å². The third kappa shape index (κ3) is 4.45. The van der Waals surface area contributed by atoms with Gasteiger partial charge in [-0.3, -0.25) is 4.79 Å². The van der Waals surface area contributed by atoms with E-state index in [2.05, 4.69) is 5.32 Å². The lowest BCUT2D eigenvalue weighted by atomic mass is 10.1. The predicted molar refractivity (Wildman–Crippen MR) is 93.6 cm³/mol. The van der Waals surface area contributed by atoms with E-state index in [1.54, 1.807) is 13.0 Å². The summed E-state index contributed by atoms with van der Waals surface area (Å²) in [7, 11) is -4.01. The number of nitrogens with one attached hydrogen (secondary N) is 1. The van der Waals surface area contributed by atoms with Crippen LogP contribution in [-0.2, 0) is 14.6 Å². The number of carbonyl (C=O) groups is 1. The summed E-state index contributed by atoms with van der Waals surface area (Å²) >= 11 is 0. The second-order valence-corrected chi connectivity index (χ2v) is 8.07. The Bertz CT molecular complexity index is 977. The Balaban J connectivity index is 2.18. The summed E-state index contributed by atoms with van der Waals surface area (Å²) in [5, 5.41) is 21.7. The smallest absolute Gasteiger partial charge is 0.257 e. The van der Waals surface area contributed by atoms with Gasteiger partial charge in [-0.05, 0) is 61.9 Å². The van der Waals surface area contributed by atoms with Crippen molar-refractivity contribution in [3.8, 4) is 6.07 Å². The van der Waals surface area contributed by atoms with E-state index in [1.165, 1.54) is 12.1 Å². The fourth-order valence-corrected chi connectivity index (χ4v) is 3.88. The number of anilines is 1. The zero-order valence-electron chi connectivity index (χ0n) is 14.2. The van der Waals surface area contributed by atoms with Gasteiger partial charge in [0.2, 0.25) is 0 Å². The zero-order chi connectivity index (χ0) is 19.5. The first kappa shape index (κ1) is 19.6. The van der Waals surface area contributed by atoms with Crippen LogP contribution in [0.1, 0.15) is 18.1 Å². The molecule has 136 valence electrons. The van der Waals surface area contributed by atoms with Gasteiger partial charge in [0.25, 0.3) is 5.91 Å². The molecule has 2 aromatic rings. The minimum Gasteiger partial charge on any atom is -0.379 e. The Morgan fingerprint density at radius 2 is 1.88 bits per heavy atom. The normalized spacial score (nSPS) is 13.5. The van der Waals surface area contributed by atoms with Gasteiger partial charge in [-0.2, -0.15) is 5.26 Å². The number of carbonyl (C=O) groups excluding carboxylic acids is 1. The molecule has 0 saturated heterocycles. The van der Waals surface area contributed by atoms with Crippen LogP contribution in [0.25, 0.3) is 0 Å². The number of sulfone groups is 1. The topological polar surface area (TPSA) is 107 Å². The van der Waals surface area contributed by atoms with Crippen LogP contribution < -0.4 is 5.32 Å². The largest absolute Gasteiger partial charge is 0.379 e. The Morgan fingerprint density at radius 1 is 1.27 bits per heavy atom. The number of rotatable bonds is 5. The third-order valence-corrected chi connectivity index (χ3v) is 5.67. The highest BCUT2D eigenvalue weighted by Gasteiger charge is 2.36. The van der Waals surface area contributed by atoms with Crippen molar-refractivity contribution >= 4 is 21.4 Å². The van der Waals surface area contributed by atoms with Crippen molar-refractivity contribution in [2.45, 2.75) is 24.3 Å². The number of amides is 1. The molecule has 2 rings (SSSR count). The first-order valence-corrected chi connectivity index (χ1v) is 9.23. The molecule has 0 aliphatic carbocycles. The maximum Gasteiger partial charge on any atom is 0.257 e. The monoisotopic (exact) mass is 376 g/mol. The number of halogens is 1. The van der Waals surface area contributed by atoms with Crippen LogP contribution in [0.4, 0.5) is 10.1 Å². The zero-order valence-corrected chi connectivity index (χ0v) is 15.0. The average molecular weight is 376 g/mol. The molecule has 1 amide bonds. The van der Waals surface area contributed by atoms with Gasteiger partial charge in [0.1, 0.15) is 5.82 Å². The summed E-state index contributed by atoms with van der Waals surface area (Å²) in [5.41, 5.74) is -0.821. The number of nitrogens with zero attached hydrogens (tertiary/aromatic N) is 1. The standard InChI is InChI=1S/C18H17FN2O4S/c1-12-9-15(6-3-13(12)10-20)21-17(22)18(2,23)11-26(24,25)16-7-4-14(19)5-8-16/h3-9,23H,11H2,1-2H3,(H,21,22)/t18-/m0/s1. The molecule has 0 bridgehead atoms. The molecule has 6 nitrogen and oxygen atoms in total. The first-order valence-electron chi connectivity index (χ1n) is 7.58. The van der Waals surface area contributed by atoms with Crippen molar-refractivity contribution in [3.05, 3.63) is 59.4 Å². The maximum absolute atomic E-state index is 12.9. The third-order valence-electron chi connectivity index (χ3n) is 3.74. The summed E-state index contributed by atoms with van der Waals surface area (Å²) in [6.07, 6.45) is 0. The van der Waals surface area contributed by atoms with Crippen molar-refractivity contribution in [3.63, 3.8) is 0 Å². The highest BCUT2D eigenvalue weighted by atomic mass is 32.2. The Labute approximate surface area is 150 Å². The molecule has 0 saturated carbocycles. The fraction of sp³-hybridized carbons (Fsp3) is 0.222. The quantitative estimate of drug-likeness (QED) is 0.778. The van der Waals surface area contributed by atoms with Crippen LogP contribution in [0.2, 0.25) is 0 Å². The Kier molecular flexibility index (Phi) is 5.44. The van der Waals surface area contributed by atoms with E-state index in [0.29, 0.717) is 16.8 Å². The van der Waals surface area contributed by atoms with Gasteiger partial charge < -0.3 is 10.4 Å². The van der Waals surface area contributed by atoms with Gasteiger partial charge in [-0.1, -0.05) is 0 Å². The van der Waals surface area contributed by atoms with E-state index in [4.69, 9.17) is 5.26 Å². The minimum absolute atomic E-state index is 0.193. The van der Waals surface area contributed by atoms with E-state index >= 15 is 0 Å². The van der Waals surface area contributed by atoms with Crippen LogP contribution in [0, 0.1) is 24.1 Å². The van der Waals surface area contributed by atoms with Crippen molar-refractivity contribution in [1.29, 1.82) is 5.26 Å². The number of benzene rings is 2. The van der Waals surface area contributed by atoms with E-state index in [1.807, 2.05) is 6.07 Å². The lowest BCUT2D eigenvalue weighted by Crippen LogP contribution is -2.45. The van der Waals surface area contributed by atoms with E-state index in [0.717, 1.165) is 31.2 Å². The SMILES string of the molecule is Cc1cc(NC(=O)[C@@](C)(O)CS(=O)(=O)c2ccc(F)cc2)ccc1C#N. The lowest BCUT2D eigenvalue weighted by molar-refractivity contribution is -0.130. The van der Waals surface area contributed by atoms with E-state index in [9.17, 15) is 22.7 Å². The molecule has 0 radical (unpaired) electrons. The number of hydrogen-bond donors (Lipinski definition) is 2. The van der Waals surface area contributed by atoms with Gasteiger partial charge >= 0.3 is 0 Å². The average Bonchev–Trinajstić information content (AvgIpc) is 2.54. The van der Waals surface area contributed by atoms with Gasteiger partial charge in [-0.15, -0.1) is 0 Å². The molecule has 2 aromatic carbocycles. The van der Waals surface area contributed by atoms with Gasteiger partial charge in [0.05, 0.1) is 22.3 Å². The van der Waals surface area contributed by atoms with E-state index < -0.39 is 32.9 Å². The van der Waals surface area contributed by atoms with Crippen molar-refractivity contribution < 1.29 is 22.7 Å².